The normalized spacial score (nSPS) is 12.5. The predicted octanol–water partition coefficient (Wildman–Crippen LogP) is 1.70. The van der Waals surface area contributed by atoms with Gasteiger partial charge in [-0.15, -0.1) is 0 Å². The van der Waals surface area contributed by atoms with Crippen molar-refractivity contribution >= 4 is 6.29 Å². The van der Waals surface area contributed by atoms with Gasteiger partial charge in [0.2, 0.25) is 0 Å². The van der Waals surface area contributed by atoms with Crippen molar-refractivity contribution in [2.24, 2.45) is 5.73 Å². The maximum absolute atomic E-state index is 12.7. The van der Waals surface area contributed by atoms with Crippen molar-refractivity contribution < 1.29 is 9.18 Å². The van der Waals surface area contributed by atoms with Gasteiger partial charge in [-0.1, -0.05) is 13.0 Å². The molecule has 0 bridgehead atoms. The van der Waals surface area contributed by atoms with Crippen molar-refractivity contribution in [3.63, 3.8) is 0 Å². The predicted molar refractivity (Wildman–Crippen MR) is 49.3 cm³/mol. The topological polar surface area (TPSA) is 43.1 Å². The van der Waals surface area contributed by atoms with Crippen LogP contribution in [0.3, 0.4) is 0 Å². The van der Waals surface area contributed by atoms with Crippen LogP contribution in [-0.4, -0.2) is 12.8 Å². The van der Waals surface area contributed by atoms with Gasteiger partial charge in [0.15, 0.2) is 0 Å². The van der Waals surface area contributed by atoms with Crippen LogP contribution in [-0.2, 0) is 0 Å². The summed E-state index contributed by atoms with van der Waals surface area (Å²) in [5, 5.41) is 0. The summed E-state index contributed by atoms with van der Waals surface area (Å²) in [5.41, 5.74) is 6.65. The molecule has 1 aromatic rings. The Hall–Kier alpha value is -1.22. The molecule has 2 N–H and O–H groups in total. The lowest BCUT2D eigenvalue weighted by Gasteiger charge is -2.10. The molecule has 0 fully saturated rings. The minimum absolute atomic E-state index is 0.0841. The maximum Gasteiger partial charge on any atom is 0.150 e. The smallest absolute Gasteiger partial charge is 0.150 e. The third kappa shape index (κ3) is 2.12. The summed E-state index contributed by atoms with van der Waals surface area (Å²) >= 11 is 0. The van der Waals surface area contributed by atoms with Crippen LogP contribution in [0.1, 0.15) is 28.8 Å². The molecule has 2 nitrogen and oxygen atoms in total. The molecule has 1 atom stereocenters. The molecule has 0 spiro atoms. The number of carbonyl (C=O) groups excluding carboxylic acids is 1. The standard InChI is InChI=1S/C10H12FNO/c1-7(5-12)10-3-2-9(11)4-8(10)6-13/h2-4,6-7H,5,12H2,1H3. The highest BCUT2D eigenvalue weighted by Gasteiger charge is 2.09. The van der Waals surface area contributed by atoms with Crippen LogP contribution in [0.5, 0.6) is 0 Å². The van der Waals surface area contributed by atoms with Crippen molar-refractivity contribution in [1.82, 2.24) is 0 Å². The average Bonchev–Trinajstić information content (AvgIpc) is 2.16. The number of nitrogens with two attached hydrogens (primary N) is 1. The van der Waals surface area contributed by atoms with Gasteiger partial charge in [0, 0.05) is 5.56 Å². The Kier molecular flexibility index (Phi) is 3.14. The zero-order valence-corrected chi connectivity index (χ0v) is 7.46. The Balaban J connectivity index is 3.13. The molecule has 0 heterocycles. The molecule has 1 aromatic carbocycles. The minimum Gasteiger partial charge on any atom is -0.330 e. The number of halogens is 1. The van der Waals surface area contributed by atoms with E-state index in [2.05, 4.69) is 0 Å². The maximum atomic E-state index is 12.7. The van der Waals surface area contributed by atoms with Crippen LogP contribution in [0.25, 0.3) is 0 Å². The third-order valence-electron chi connectivity index (χ3n) is 2.06. The Morgan fingerprint density at radius 2 is 2.31 bits per heavy atom. The van der Waals surface area contributed by atoms with Gasteiger partial charge < -0.3 is 5.73 Å². The lowest BCUT2D eigenvalue weighted by Crippen LogP contribution is -2.11. The van der Waals surface area contributed by atoms with Crippen molar-refractivity contribution in [1.29, 1.82) is 0 Å². The van der Waals surface area contributed by atoms with E-state index < -0.39 is 5.82 Å². The van der Waals surface area contributed by atoms with Crippen molar-refractivity contribution in [3.8, 4) is 0 Å². The van der Waals surface area contributed by atoms with Gasteiger partial charge in [-0.2, -0.15) is 0 Å². The summed E-state index contributed by atoms with van der Waals surface area (Å²) in [6.45, 7) is 2.35. The molecule has 13 heavy (non-hydrogen) atoms. The molecule has 0 amide bonds. The van der Waals surface area contributed by atoms with Crippen LogP contribution >= 0.6 is 0 Å². The minimum atomic E-state index is -0.393. The zero-order valence-electron chi connectivity index (χ0n) is 7.46. The summed E-state index contributed by atoms with van der Waals surface area (Å²) in [5.74, 6) is -0.309. The first-order chi connectivity index (χ1) is 6.19. The summed E-state index contributed by atoms with van der Waals surface area (Å²) in [6.07, 6.45) is 0.657. The highest BCUT2D eigenvalue weighted by Crippen LogP contribution is 2.18. The quantitative estimate of drug-likeness (QED) is 0.721. The van der Waals surface area contributed by atoms with E-state index in [9.17, 15) is 9.18 Å². The third-order valence-corrected chi connectivity index (χ3v) is 2.06. The van der Waals surface area contributed by atoms with E-state index in [0.717, 1.165) is 5.56 Å². The van der Waals surface area contributed by atoms with E-state index in [1.54, 1.807) is 6.07 Å². The molecule has 0 aromatic heterocycles. The second kappa shape index (κ2) is 4.14. The Bertz CT molecular complexity index is 312. The molecule has 0 aliphatic heterocycles. The molecule has 1 rings (SSSR count). The molecule has 0 radical (unpaired) electrons. The van der Waals surface area contributed by atoms with Gasteiger partial charge in [-0.3, -0.25) is 4.79 Å². The summed E-state index contributed by atoms with van der Waals surface area (Å²) < 4.78 is 12.7. The largest absolute Gasteiger partial charge is 0.330 e. The molecule has 1 unspecified atom stereocenters. The molecule has 3 heteroatoms. The fourth-order valence-corrected chi connectivity index (χ4v) is 1.22. The number of carbonyl (C=O) groups is 1. The van der Waals surface area contributed by atoms with Crippen molar-refractivity contribution in [2.75, 3.05) is 6.54 Å². The van der Waals surface area contributed by atoms with Crippen LogP contribution in [0.2, 0.25) is 0 Å². The van der Waals surface area contributed by atoms with Gasteiger partial charge in [0.25, 0.3) is 0 Å². The van der Waals surface area contributed by atoms with Crippen LogP contribution in [0.4, 0.5) is 4.39 Å². The Labute approximate surface area is 76.6 Å². The number of benzene rings is 1. The molecule has 70 valence electrons. The van der Waals surface area contributed by atoms with Crippen LogP contribution in [0, 0.1) is 5.82 Å². The Morgan fingerprint density at radius 1 is 1.62 bits per heavy atom. The van der Waals surface area contributed by atoms with E-state index in [1.165, 1.54) is 12.1 Å². The molecule has 0 saturated heterocycles. The summed E-state index contributed by atoms with van der Waals surface area (Å²) in [6, 6.07) is 4.18. The second-order valence-electron chi connectivity index (χ2n) is 3.03. The first kappa shape index (κ1) is 9.86. The molecule has 0 aliphatic carbocycles. The summed E-state index contributed by atoms with van der Waals surface area (Å²) in [4.78, 5) is 10.6. The van der Waals surface area contributed by atoms with Crippen LogP contribution < -0.4 is 5.73 Å². The van der Waals surface area contributed by atoms with Crippen LogP contribution in [0.15, 0.2) is 18.2 Å². The number of hydrogen-bond acceptors (Lipinski definition) is 2. The molecular formula is C10H12FNO. The van der Waals surface area contributed by atoms with Gasteiger partial charge in [0.05, 0.1) is 0 Å². The first-order valence-corrected chi connectivity index (χ1v) is 4.13. The Morgan fingerprint density at radius 3 is 2.85 bits per heavy atom. The molecule has 0 saturated carbocycles. The van der Waals surface area contributed by atoms with E-state index in [4.69, 9.17) is 5.73 Å². The van der Waals surface area contributed by atoms with Crippen molar-refractivity contribution in [3.05, 3.63) is 35.1 Å². The van der Waals surface area contributed by atoms with Gasteiger partial charge in [-0.05, 0) is 30.2 Å². The van der Waals surface area contributed by atoms with Crippen molar-refractivity contribution in [2.45, 2.75) is 12.8 Å². The second-order valence-corrected chi connectivity index (χ2v) is 3.03. The number of aldehydes is 1. The SMILES string of the molecule is CC(CN)c1ccc(F)cc1C=O. The number of rotatable bonds is 3. The van der Waals surface area contributed by atoms with E-state index >= 15 is 0 Å². The fraction of sp³-hybridized carbons (Fsp3) is 0.300. The molecule has 0 aliphatic rings. The lowest BCUT2D eigenvalue weighted by atomic mass is 9.96. The molecular weight excluding hydrogens is 169 g/mol. The lowest BCUT2D eigenvalue weighted by molar-refractivity contribution is 0.112. The van der Waals surface area contributed by atoms with Gasteiger partial charge in [0.1, 0.15) is 12.1 Å². The monoisotopic (exact) mass is 181 g/mol. The zero-order chi connectivity index (χ0) is 9.84. The first-order valence-electron chi connectivity index (χ1n) is 4.13. The highest BCUT2D eigenvalue weighted by molar-refractivity contribution is 5.77. The fourth-order valence-electron chi connectivity index (χ4n) is 1.22. The highest BCUT2D eigenvalue weighted by atomic mass is 19.1. The van der Waals surface area contributed by atoms with E-state index in [1.807, 2.05) is 6.92 Å². The van der Waals surface area contributed by atoms with E-state index in [0.29, 0.717) is 18.4 Å². The van der Waals surface area contributed by atoms with Gasteiger partial charge in [-0.25, -0.2) is 4.39 Å². The average molecular weight is 181 g/mol. The summed E-state index contributed by atoms with van der Waals surface area (Å²) in [7, 11) is 0. The van der Waals surface area contributed by atoms with Gasteiger partial charge >= 0.3 is 0 Å². The number of hydrogen-bond donors (Lipinski definition) is 1. The van der Waals surface area contributed by atoms with E-state index in [-0.39, 0.29) is 5.92 Å².